The first-order valence-corrected chi connectivity index (χ1v) is 11.6. The highest BCUT2D eigenvalue weighted by molar-refractivity contribution is 7.13. The number of thiophene rings is 1. The van der Waals surface area contributed by atoms with Gasteiger partial charge in [0.1, 0.15) is 18.2 Å². The lowest BCUT2D eigenvalue weighted by Gasteiger charge is -2.33. The van der Waals surface area contributed by atoms with E-state index in [1.165, 1.54) is 11.3 Å². The van der Waals surface area contributed by atoms with Crippen molar-refractivity contribution in [3.63, 3.8) is 0 Å². The van der Waals surface area contributed by atoms with Gasteiger partial charge in [-0.1, -0.05) is 61.2 Å². The Morgan fingerprint density at radius 3 is 2.50 bits per heavy atom. The normalized spacial score (nSPS) is 17.6. The zero-order chi connectivity index (χ0) is 23.5. The van der Waals surface area contributed by atoms with Crippen LogP contribution >= 0.6 is 11.3 Å². The summed E-state index contributed by atoms with van der Waals surface area (Å²) in [6, 6.07) is 21.9. The molecule has 2 aromatic carbocycles. The summed E-state index contributed by atoms with van der Waals surface area (Å²) in [5.41, 5.74) is 3.44. The topological polar surface area (TPSA) is 85.3 Å². The third-order valence-electron chi connectivity index (χ3n) is 5.60. The van der Waals surface area contributed by atoms with E-state index in [0.29, 0.717) is 11.3 Å². The first kappa shape index (κ1) is 21.7. The van der Waals surface area contributed by atoms with Crippen LogP contribution in [0.3, 0.4) is 0 Å². The number of hydrogen-bond acceptors (Lipinski definition) is 5. The Morgan fingerprint density at radius 2 is 1.79 bits per heavy atom. The van der Waals surface area contributed by atoms with E-state index in [2.05, 4.69) is 17.2 Å². The lowest BCUT2D eigenvalue weighted by atomic mass is 9.89. The lowest BCUT2D eigenvalue weighted by Crippen LogP contribution is -2.51. The van der Waals surface area contributed by atoms with Gasteiger partial charge in [0.25, 0.3) is 0 Å². The number of aromatic nitrogens is 2. The third-order valence-corrected chi connectivity index (χ3v) is 6.48. The van der Waals surface area contributed by atoms with Crippen LogP contribution in [0.2, 0.25) is 0 Å². The summed E-state index contributed by atoms with van der Waals surface area (Å²) in [4.78, 5) is 26.6. The molecule has 1 aliphatic rings. The van der Waals surface area contributed by atoms with Crippen molar-refractivity contribution >= 4 is 23.3 Å². The standard InChI is InChI=1S/C26H22N4O3S/c1-17-22(25(31)33-16-18-9-4-2-5-10-18)24(28-26(32)27-17)20-15-30(19-11-6-3-7-12-19)29-23(20)21-13-8-14-34-21/h2-15,22,24H,1,16H2,(H2,27,28,32). The number of ether oxygens (including phenoxy) is 1. The van der Waals surface area contributed by atoms with Crippen molar-refractivity contribution in [3.05, 3.63) is 108 Å². The highest BCUT2D eigenvalue weighted by Gasteiger charge is 2.41. The molecular weight excluding hydrogens is 448 g/mol. The number of para-hydroxylation sites is 1. The van der Waals surface area contributed by atoms with E-state index < -0.39 is 24.0 Å². The molecule has 7 nitrogen and oxygen atoms in total. The van der Waals surface area contributed by atoms with E-state index in [1.54, 1.807) is 4.68 Å². The van der Waals surface area contributed by atoms with Crippen molar-refractivity contribution in [2.24, 2.45) is 5.92 Å². The van der Waals surface area contributed by atoms with Crippen LogP contribution in [0.4, 0.5) is 4.79 Å². The third kappa shape index (κ3) is 4.35. The van der Waals surface area contributed by atoms with Crippen molar-refractivity contribution in [2.75, 3.05) is 0 Å². The zero-order valence-electron chi connectivity index (χ0n) is 18.2. The van der Waals surface area contributed by atoms with Gasteiger partial charge in [-0.05, 0) is 29.1 Å². The summed E-state index contributed by atoms with van der Waals surface area (Å²) in [5.74, 6) is -1.30. The summed E-state index contributed by atoms with van der Waals surface area (Å²) in [6.07, 6.45) is 1.85. The Hall–Kier alpha value is -4.17. The van der Waals surface area contributed by atoms with Crippen molar-refractivity contribution in [3.8, 4) is 16.3 Å². The van der Waals surface area contributed by atoms with Gasteiger partial charge < -0.3 is 15.4 Å². The number of carbonyl (C=O) groups is 2. The summed E-state index contributed by atoms with van der Waals surface area (Å²) in [6.45, 7) is 4.09. The van der Waals surface area contributed by atoms with E-state index in [4.69, 9.17) is 9.84 Å². The maximum Gasteiger partial charge on any atom is 0.319 e. The predicted octanol–water partition coefficient (Wildman–Crippen LogP) is 4.83. The van der Waals surface area contributed by atoms with Crippen LogP contribution in [0, 0.1) is 5.92 Å². The average molecular weight is 471 g/mol. The number of benzene rings is 2. The van der Waals surface area contributed by atoms with Crippen LogP contribution in [0.5, 0.6) is 0 Å². The molecule has 0 radical (unpaired) electrons. The summed E-state index contributed by atoms with van der Waals surface area (Å²) < 4.78 is 7.39. The summed E-state index contributed by atoms with van der Waals surface area (Å²) in [7, 11) is 0. The van der Waals surface area contributed by atoms with Crippen LogP contribution in [-0.2, 0) is 16.1 Å². The van der Waals surface area contributed by atoms with Gasteiger partial charge in [-0.3, -0.25) is 4.79 Å². The molecule has 3 heterocycles. The Kier molecular flexibility index (Phi) is 5.97. The van der Waals surface area contributed by atoms with Crippen molar-refractivity contribution in [2.45, 2.75) is 12.6 Å². The quantitative estimate of drug-likeness (QED) is 0.396. The molecule has 34 heavy (non-hydrogen) atoms. The van der Waals surface area contributed by atoms with Crippen molar-refractivity contribution in [1.29, 1.82) is 0 Å². The molecule has 8 heteroatoms. The minimum absolute atomic E-state index is 0.130. The van der Waals surface area contributed by atoms with Crippen LogP contribution < -0.4 is 10.6 Å². The second-order valence-electron chi connectivity index (χ2n) is 7.86. The van der Waals surface area contributed by atoms with Gasteiger partial charge in [-0.2, -0.15) is 5.10 Å². The monoisotopic (exact) mass is 470 g/mol. The van der Waals surface area contributed by atoms with E-state index in [-0.39, 0.29) is 12.3 Å². The number of hydrogen-bond donors (Lipinski definition) is 2. The van der Waals surface area contributed by atoms with Gasteiger partial charge >= 0.3 is 12.0 Å². The molecule has 1 fully saturated rings. The van der Waals surface area contributed by atoms with Crippen LogP contribution in [0.1, 0.15) is 17.2 Å². The lowest BCUT2D eigenvalue weighted by molar-refractivity contribution is -0.149. The van der Waals surface area contributed by atoms with Crippen LogP contribution in [-0.4, -0.2) is 21.8 Å². The highest BCUT2D eigenvalue weighted by Crippen LogP contribution is 2.38. The minimum atomic E-state index is -0.825. The smallest absolute Gasteiger partial charge is 0.319 e. The molecule has 2 unspecified atom stereocenters. The minimum Gasteiger partial charge on any atom is -0.460 e. The van der Waals surface area contributed by atoms with E-state index >= 15 is 0 Å². The molecule has 2 aromatic heterocycles. The molecule has 0 aliphatic carbocycles. The van der Waals surface area contributed by atoms with Gasteiger partial charge in [0.05, 0.1) is 16.6 Å². The number of nitrogens with one attached hydrogen (secondary N) is 2. The maximum atomic E-state index is 13.2. The molecule has 2 N–H and O–H groups in total. The Morgan fingerprint density at radius 1 is 1.06 bits per heavy atom. The predicted molar refractivity (Wildman–Crippen MR) is 130 cm³/mol. The molecular formula is C26H22N4O3S. The van der Waals surface area contributed by atoms with E-state index in [1.807, 2.05) is 84.4 Å². The average Bonchev–Trinajstić information content (AvgIpc) is 3.53. The molecule has 2 atom stereocenters. The molecule has 4 aromatic rings. The van der Waals surface area contributed by atoms with E-state index in [0.717, 1.165) is 16.1 Å². The molecule has 0 bridgehead atoms. The number of amides is 2. The molecule has 2 amide bonds. The van der Waals surface area contributed by atoms with Gasteiger partial charge in [0.15, 0.2) is 0 Å². The van der Waals surface area contributed by atoms with Crippen LogP contribution in [0.25, 0.3) is 16.3 Å². The number of carbonyl (C=O) groups excluding carboxylic acids is 2. The first-order chi connectivity index (χ1) is 16.6. The summed E-state index contributed by atoms with van der Waals surface area (Å²) in [5, 5.41) is 12.3. The molecule has 5 rings (SSSR count). The Balaban J connectivity index is 1.52. The largest absolute Gasteiger partial charge is 0.460 e. The second-order valence-corrected chi connectivity index (χ2v) is 8.81. The maximum absolute atomic E-state index is 13.2. The number of urea groups is 1. The van der Waals surface area contributed by atoms with Gasteiger partial charge in [0, 0.05) is 17.5 Å². The number of esters is 1. The number of rotatable bonds is 6. The Labute approximate surface area is 200 Å². The fraction of sp³-hybridized carbons (Fsp3) is 0.115. The van der Waals surface area contributed by atoms with Gasteiger partial charge in [-0.25, -0.2) is 9.48 Å². The molecule has 0 spiro atoms. The zero-order valence-corrected chi connectivity index (χ0v) is 19.0. The van der Waals surface area contributed by atoms with Crippen LogP contribution in [0.15, 0.2) is 96.6 Å². The molecule has 0 saturated carbocycles. The molecule has 170 valence electrons. The Bertz CT molecular complexity index is 1320. The van der Waals surface area contributed by atoms with Crippen molar-refractivity contribution in [1.82, 2.24) is 20.4 Å². The highest BCUT2D eigenvalue weighted by atomic mass is 32.1. The fourth-order valence-corrected chi connectivity index (χ4v) is 4.70. The first-order valence-electron chi connectivity index (χ1n) is 10.8. The molecule has 1 saturated heterocycles. The second kappa shape index (κ2) is 9.36. The van der Waals surface area contributed by atoms with Crippen molar-refractivity contribution < 1.29 is 14.3 Å². The van der Waals surface area contributed by atoms with Gasteiger partial charge in [-0.15, -0.1) is 11.3 Å². The fourth-order valence-electron chi connectivity index (χ4n) is 3.97. The molecule has 1 aliphatic heterocycles. The van der Waals surface area contributed by atoms with E-state index in [9.17, 15) is 9.59 Å². The SMILES string of the molecule is C=C1NC(=O)NC(c2cn(-c3ccccc3)nc2-c2cccs2)C1C(=O)OCc1ccccc1. The summed E-state index contributed by atoms with van der Waals surface area (Å²) >= 11 is 1.54. The number of nitrogens with zero attached hydrogens (tertiary/aromatic N) is 2. The van der Waals surface area contributed by atoms with Gasteiger partial charge in [0.2, 0.25) is 0 Å².